The predicted molar refractivity (Wildman–Crippen MR) is 131 cm³/mol. The summed E-state index contributed by atoms with van der Waals surface area (Å²) in [5.74, 6) is 0.0310. The van der Waals surface area contributed by atoms with E-state index in [-0.39, 0.29) is 21.8 Å². The number of thiazole rings is 1. The lowest BCUT2D eigenvalue weighted by Gasteiger charge is -2.24. The van der Waals surface area contributed by atoms with Crippen LogP contribution >= 0.6 is 22.9 Å². The number of rotatable bonds is 6. The number of benzene rings is 2. The number of hydrogen-bond donors (Lipinski definition) is 0. The van der Waals surface area contributed by atoms with Crippen LogP contribution in [0.5, 0.6) is 5.75 Å². The molecule has 35 heavy (non-hydrogen) atoms. The van der Waals surface area contributed by atoms with Crippen LogP contribution in [-0.2, 0) is 9.53 Å². The zero-order valence-electron chi connectivity index (χ0n) is 19.0. The highest BCUT2D eigenvalue weighted by Gasteiger charge is 2.34. The number of ether oxygens (including phenoxy) is 2. The molecular formula is C24H20ClN3O6S. The molecule has 1 unspecified atom stereocenters. The van der Waals surface area contributed by atoms with Gasteiger partial charge in [-0.2, -0.15) is 0 Å². The minimum Gasteiger partial charge on any atom is -0.494 e. The molecule has 1 aliphatic heterocycles. The van der Waals surface area contributed by atoms with E-state index in [9.17, 15) is 19.7 Å². The highest BCUT2D eigenvalue weighted by Crippen LogP contribution is 2.34. The summed E-state index contributed by atoms with van der Waals surface area (Å²) in [6.07, 6.45) is 1.72. The molecule has 1 atom stereocenters. The molecule has 0 amide bonds. The molecule has 9 nitrogen and oxygen atoms in total. The molecule has 2 heterocycles. The first-order valence-corrected chi connectivity index (χ1v) is 11.7. The van der Waals surface area contributed by atoms with Crippen LogP contribution < -0.4 is 19.6 Å². The molecule has 0 spiro atoms. The van der Waals surface area contributed by atoms with E-state index >= 15 is 0 Å². The van der Waals surface area contributed by atoms with Crippen LogP contribution in [0, 0.1) is 10.1 Å². The summed E-state index contributed by atoms with van der Waals surface area (Å²) >= 11 is 7.16. The Labute approximate surface area is 208 Å². The van der Waals surface area contributed by atoms with Gasteiger partial charge in [0.15, 0.2) is 4.80 Å². The molecular weight excluding hydrogens is 494 g/mol. The molecule has 0 saturated carbocycles. The third-order valence-electron chi connectivity index (χ3n) is 5.40. The molecule has 0 aliphatic carbocycles. The van der Waals surface area contributed by atoms with Gasteiger partial charge in [-0.25, -0.2) is 9.79 Å². The van der Waals surface area contributed by atoms with Crippen LogP contribution in [0.15, 0.2) is 63.5 Å². The Morgan fingerprint density at radius 2 is 2.00 bits per heavy atom. The van der Waals surface area contributed by atoms with Gasteiger partial charge in [0.05, 0.1) is 40.5 Å². The maximum atomic E-state index is 13.5. The number of nitrogens with zero attached hydrogens (tertiary/aromatic N) is 3. The number of methoxy groups -OCH3 is 1. The Kier molecular flexibility index (Phi) is 6.86. The fourth-order valence-electron chi connectivity index (χ4n) is 3.83. The van der Waals surface area contributed by atoms with E-state index < -0.39 is 16.9 Å². The number of carbonyl (C=O) groups is 1. The van der Waals surface area contributed by atoms with Crippen LogP contribution in [-0.4, -0.2) is 29.2 Å². The van der Waals surface area contributed by atoms with E-state index in [1.54, 1.807) is 19.1 Å². The van der Waals surface area contributed by atoms with E-state index in [4.69, 9.17) is 21.1 Å². The van der Waals surface area contributed by atoms with Crippen molar-refractivity contribution in [2.75, 3.05) is 13.7 Å². The fraction of sp³-hybridized carbons (Fsp3) is 0.208. The van der Waals surface area contributed by atoms with Crippen molar-refractivity contribution < 1.29 is 19.2 Å². The zero-order valence-corrected chi connectivity index (χ0v) is 20.6. The van der Waals surface area contributed by atoms with Crippen molar-refractivity contribution in [1.29, 1.82) is 0 Å². The summed E-state index contributed by atoms with van der Waals surface area (Å²) in [6, 6.07) is 10.5. The average molecular weight is 514 g/mol. The molecule has 3 aromatic rings. The minimum absolute atomic E-state index is 0.0537. The van der Waals surface area contributed by atoms with Crippen LogP contribution in [0.2, 0.25) is 5.02 Å². The first kappa shape index (κ1) is 24.4. The number of halogens is 1. The summed E-state index contributed by atoms with van der Waals surface area (Å²) in [7, 11) is 1.22. The molecule has 180 valence electrons. The lowest BCUT2D eigenvalue weighted by Crippen LogP contribution is -2.39. The van der Waals surface area contributed by atoms with Gasteiger partial charge in [0.25, 0.3) is 11.2 Å². The number of esters is 1. The first-order valence-electron chi connectivity index (χ1n) is 10.5. The van der Waals surface area contributed by atoms with Crippen LogP contribution in [0.25, 0.3) is 6.08 Å². The second-order valence-electron chi connectivity index (χ2n) is 7.54. The largest absolute Gasteiger partial charge is 0.494 e. The molecule has 0 N–H and O–H groups in total. The van der Waals surface area contributed by atoms with E-state index in [0.717, 1.165) is 16.9 Å². The van der Waals surface area contributed by atoms with Crippen LogP contribution in [0.3, 0.4) is 0 Å². The zero-order chi connectivity index (χ0) is 25.3. The van der Waals surface area contributed by atoms with Crippen molar-refractivity contribution in [3.8, 4) is 5.75 Å². The quantitative estimate of drug-likeness (QED) is 0.284. The van der Waals surface area contributed by atoms with Gasteiger partial charge in [0.1, 0.15) is 10.8 Å². The number of fused-ring (bicyclic) bond motifs is 1. The monoisotopic (exact) mass is 513 g/mol. The molecule has 1 aliphatic rings. The number of aromatic nitrogens is 1. The Balaban J connectivity index is 1.93. The van der Waals surface area contributed by atoms with Gasteiger partial charge in [0, 0.05) is 6.07 Å². The van der Waals surface area contributed by atoms with E-state index in [2.05, 4.69) is 4.99 Å². The van der Waals surface area contributed by atoms with Gasteiger partial charge in [-0.3, -0.25) is 19.5 Å². The predicted octanol–water partition coefficient (Wildman–Crippen LogP) is 3.37. The summed E-state index contributed by atoms with van der Waals surface area (Å²) in [4.78, 5) is 42.0. The molecule has 0 saturated heterocycles. The summed E-state index contributed by atoms with van der Waals surface area (Å²) in [6.45, 7) is 4.07. The molecule has 1 aromatic heterocycles. The molecule has 0 fully saturated rings. The number of nitro benzene ring substituents is 1. The molecule has 11 heteroatoms. The number of allylic oxidation sites excluding steroid dienone is 1. The van der Waals surface area contributed by atoms with Crippen molar-refractivity contribution in [2.45, 2.75) is 19.9 Å². The summed E-state index contributed by atoms with van der Waals surface area (Å²) in [5, 5.41) is 11.4. The van der Waals surface area contributed by atoms with Gasteiger partial charge >= 0.3 is 5.97 Å². The van der Waals surface area contributed by atoms with Gasteiger partial charge in [0.2, 0.25) is 0 Å². The van der Waals surface area contributed by atoms with Crippen LogP contribution in [0.4, 0.5) is 5.69 Å². The van der Waals surface area contributed by atoms with Crippen molar-refractivity contribution in [2.24, 2.45) is 4.99 Å². The van der Waals surface area contributed by atoms with Crippen molar-refractivity contribution in [3.63, 3.8) is 0 Å². The van der Waals surface area contributed by atoms with Gasteiger partial charge < -0.3 is 9.47 Å². The van der Waals surface area contributed by atoms with Gasteiger partial charge in [-0.05, 0) is 49.2 Å². The van der Waals surface area contributed by atoms with Gasteiger partial charge in [-0.15, -0.1) is 0 Å². The Morgan fingerprint density at radius 3 is 2.63 bits per heavy atom. The summed E-state index contributed by atoms with van der Waals surface area (Å²) < 4.78 is 12.2. The lowest BCUT2D eigenvalue weighted by molar-refractivity contribution is -0.384. The van der Waals surface area contributed by atoms with E-state index in [0.29, 0.717) is 33.0 Å². The van der Waals surface area contributed by atoms with E-state index in [1.165, 1.54) is 23.8 Å². The van der Waals surface area contributed by atoms with E-state index in [1.807, 2.05) is 31.2 Å². The highest BCUT2D eigenvalue weighted by atomic mass is 35.5. The molecule has 4 rings (SSSR count). The Morgan fingerprint density at radius 1 is 1.29 bits per heavy atom. The maximum Gasteiger partial charge on any atom is 0.338 e. The van der Waals surface area contributed by atoms with Crippen LogP contribution in [0.1, 0.15) is 31.0 Å². The molecule has 0 bridgehead atoms. The topological polar surface area (TPSA) is 113 Å². The van der Waals surface area contributed by atoms with Gasteiger partial charge in [-0.1, -0.05) is 41.1 Å². The van der Waals surface area contributed by atoms with Crippen molar-refractivity contribution >= 4 is 40.7 Å². The third kappa shape index (κ3) is 4.62. The van der Waals surface area contributed by atoms with Crippen molar-refractivity contribution in [1.82, 2.24) is 4.57 Å². The second kappa shape index (κ2) is 9.85. The van der Waals surface area contributed by atoms with Crippen molar-refractivity contribution in [3.05, 3.63) is 99.7 Å². The molecule has 0 radical (unpaired) electrons. The molecule has 2 aromatic carbocycles. The lowest BCUT2D eigenvalue weighted by atomic mass is 9.95. The third-order valence-corrected chi connectivity index (χ3v) is 6.70. The first-order chi connectivity index (χ1) is 16.7. The Hall–Kier alpha value is -3.76. The minimum atomic E-state index is -0.975. The smallest absolute Gasteiger partial charge is 0.338 e. The second-order valence-corrected chi connectivity index (χ2v) is 8.96. The maximum absolute atomic E-state index is 13.5. The SMILES string of the molecule is CCOc1ccc(C=c2sc3n(c2=O)C(c2ccc(Cl)c([N+](=O)[O-])c2)C(C(=O)OC)=C(C)N=3)cc1. The number of nitro groups is 1. The Bertz CT molecular complexity index is 1540. The average Bonchev–Trinajstić information content (AvgIpc) is 3.13. The fourth-order valence-corrected chi connectivity index (χ4v) is 5.06. The summed E-state index contributed by atoms with van der Waals surface area (Å²) in [5.41, 5.74) is 0.863. The highest BCUT2D eigenvalue weighted by molar-refractivity contribution is 7.07. The standard InChI is InChI=1S/C24H20ClN3O6S/c1-4-34-16-8-5-14(6-9-16)11-19-22(29)27-21(15-7-10-17(25)18(12-15)28(31)32)20(23(30)33-3)13(2)26-24(27)35-19/h5-12,21H,4H2,1-3H3. The normalized spacial score (nSPS) is 15.4. The number of hydrogen-bond acceptors (Lipinski definition) is 8. The number of carbonyl (C=O) groups excluding carboxylic acids is 1.